The summed E-state index contributed by atoms with van der Waals surface area (Å²) in [6.07, 6.45) is 1.64. The van der Waals surface area contributed by atoms with E-state index in [1.165, 1.54) is 5.56 Å². The summed E-state index contributed by atoms with van der Waals surface area (Å²) < 4.78 is 5.25. The van der Waals surface area contributed by atoms with Gasteiger partial charge in [0.1, 0.15) is 5.75 Å². The number of hydrogen-bond acceptors (Lipinski definition) is 5. The van der Waals surface area contributed by atoms with Crippen LogP contribution in [0.15, 0.2) is 54.2 Å². The summed E-state index contributed by atoms with van der Waals surface area (Å²) in [4.78, 5) is 34.2. The molecule has 158 valence electrons. The van der Waals surface area contributed by atoms with E-state index in [4.69, 9.17) is 15.6 Å². The third kappa shape index (κ3) is 5.70. The summed E-state index contributed by atoms with van der Waals surface area (Å²) in [7, 11) is 0. The summed E-state index contributed by atoms with van der Waals surface area (Å²) in [6, 6.07) is 15.5. The number of carboxylic acids is 1. The predicted octanol–water partition coefficient (Wildman–Crippen LogP) is 2.68. The SMILES string of the molecule is CCC1=C(C(=O)C(N)=O)c2c(cccc2OCC(=O)O)CN1.CCc1ccccc1. The fourth-order valence-corrected chi connectivity index (χ4v) is 3.10. The van der Waals surface area contributed by atoms with Crippen LogP contribution in [0.3, 0.4) is 0 Å². The van der Waals surface area contributed by atoms with Gasteiger partial charge < -0.3 is 20.9 Å². The highest BCUT2D eigenvalue weighted by Crippen LogP contribution is 2.35. The third-order valence-corrected chi connectivity index (χ3v) is 4.56. The van der Waals surface area contributed by atoms with E-state index < -0.39 is 24.3 Å². The number of ketones is 1. The predicted molar refractivity (Wildman–Crippen MR) is 114 cm³/mol. The Bertz CT molecular complexity index is 951. The summed E-state index contributed by atoms with van der Waals surface area (Å²) in [5.41, 5.74) is 8.45. The maximum absolute atomic E-state index is 12.2. The minimum Gasteiger partial charge on any atom is -0.481 e. The van der Waals surface area contributed by atoms with Crippen LogP contribution >= 0.6 is 0 Å². The maximum Gasteiger partial charge on any atom is 0.341 e. The Morgan fingerprint density at radius 1 is 1.03 bits per heavy atom. The van der Waals surface area contributed by atoms with Gasteiger partial charge in [-0.1, -0.05) is 56.3 Å². The van der Waals surface area contributed by atoms with Crippen molar-refractivity contribution in [2.24, 2.45) is 5.73 Å². The van der Waals surface area contributed by atoms with Gasteiger partial charge in [-0.3, -0.25) is 9.59 Å². The molecule has 1 amide bonds. The van der Waals surface area contributed by atoms with E-state index >= 15 is 0 Å². The van der Waals surface area contributed by atoms with Gasteiger partial charge in [0.2, 0.25) is 0 Å². The van der Waals surface area contributed by atoms with Crippen molar-refractivity contribution in [2.75, 3.05) is 6.61 Å². The molecule has 0 saturated carbocycles. The average molecular weight is 410 g/mol. The summed E-state index contributed by atoms with van der Waals surface area (Å²) in [6.45, 7) is 3.92. The molecule has 30 heavy (non-hydrogen) atoms. The number of benzene rings is 2. The van der Waals surface area contributed by atoms with E-state index in [1.54, 1.807) is 18.2 Å². The maximum atomic E-state index is 12.2. The standard InChI is InChI=1S/C15H16N2O5.C8H10/c1-2-9-13(14(20)15(16)21)12-8(6-17-9)4-3-5-10(12)22-7-11(18)19;1-2-8-6-4-3-5-7-8/h3-5,17H,2,6-7H2,1H3,(H2,16,21)(H,18,19);3-7H,2H2,1H3. The number of nitrogens with one attached hydrogen (secondary N) is 1. The zero-order chi connectivity index (χ0) is 22.1. The molecule has 0 spiro atoms. The van der Waals surface area contributed by atoms with Crippen LogP contribution in [-0.2, 0) is 27.3 Å². The molecule has 0 saturated heterocycles. The van der Waals surface area contributed by atoms with Crippen LogP contribution in [0.1, 0.15) is 37.0 Å². The first-order valence-corrected chi connectivity index (χ1v) is 9.70. The number of ether oxygens (including phenoxy) is 1. The molecule has 3 rings (SSSR count). The lowest BCUT2D eigenvalue weighted by Gasteiger charge is -2.25. The lowest BCUT2D eigenvalue weighted by molar-refractivity contribution is -0.139. The Kier molecular flexibility index (Phi) is 8.17. The number of hydrogen-bond donors (Lipinski definition) is 3. The minimum atomic E-state index is -1.13. The van der Waals surface area contributed by atoms with Crippen molar-refractivity contribution in [1.29, 1.82) is 0 Å². The zero-order valence-corrected chi connectivity index (χ0v) is 17.1. The molecule has 0 unspecified atom stereocenters. The monoisotopic (exact) mass is 410 g/mol. The number of rotatable bonds is 7. The van der Waals surface area contributed by atoms with Crippen LogP contribution in [0, 0.1) is 0 Å². The number of aryl methyl sites for hydroxylation is 1. The second kappa shape index (κ2) is 10.8. The van der Waals surface area contributed by atoms with Crippen molar-refractivity contribution in [3.63, 3.8) is 0 Å². The number of allylic oxidation sites excluding steroid dienone is 1. The smallest absolute Gasteiger partial charge is 0.341 e. The van der Waals surface area contributed by atoms with E-state index in [2.05, 4.69) is 36.5 Å². The molecule has 1 heterocycles. The van der Waals surface area contributed by atoms with Crippen molar-refractivity contribution >= 4 is 23.2 Å². The van der Waals surface area contributed by atoms with Crippen LogP contribution < -0.4 is 15.8 Å². The Morgan fingerprint density at radius 3 is 2.27 bits per heavy atom. The lowest BCUT2D eigenvalue weighted by Crippen LogP contribution is -2.31. The van der Waals surface area contributed by atoms with Gasteiger partial charge >= 0.3 is 5.97 Å². The van der Waals surface area contributed by atoms with Crippen molar-refractivity contribution in [2.45, 2.75) is 33.2 Å². The summed E-state index contributed by atoms with van der Waals surface area (Å²) >= 11 is 0. The third-order valence-electron chi connectivity index (χ3n) is 4.56. The topological polar surface area (TPSA) is 119 Å². The fraction of sp³-hybridized carbons (Fsp3) is 0.261. The summed E-state index contributed by atoms with van der Waals surface area (Å²) in [5, 5.41) is 11.8. The van der Waals surface area contributed by atoms with Gasteiger partial charge in [0, 0.05) is 17.8 Å². The Hall–Kier alpha value is -3.61. The van der Waals surface area contributed by atoms with Crippen LogP contribution in [0.2, 0.25) is 0 Å². The quantitative estimate of drug-likeness (QED) is 0.604. The van der Waals surface area contributed by atoms with Crippen LogP contribution in [0.4, 0.5) is 0 Å². The molecule has 0 aliphatic carbocycles. The van der Waals surface area contributed by atoms with E-state index in [9.17, 15) is 14.4 Å². The molecule has 0 bridgehead atoms. The molecule has 1 aliphatic rings. The van der Waals surface area contributed by atoms with Gasteiger partial charge in [-0.2, -0.15) is 0 Å². The molecule has 0 aromatic heterocycles. The zero-order valence-electron chi connectivity index (χ0n) is 17.1. The number of Topliss-reactive ketones (excluding diaryl/α,β-unsaturated/α-hetero) is 1. The van der Waals surface area contributed by atoms with Crippen molar-refractivity contribution in [3.8, 4) is 5.75 Å². The second-order valence-corrected chi connectivity index (χ2v) is 6.57. The molecule has 0 atom stereocenters. The van der Waals surface area contributed by atoms with Crippen LogP contribution in [0.5, 0.6) is 5.75 Å². The Morgan fingerprint density at radius 2 is 1.73 bits per heavy atom. The molecule has 2 aromatic carbocycles. The van der Waals surface area contributed by atoms with Crippen molar-refractivity contribution in [1.82, 2.24) is 5.32 Å². The molecule has 0 fully saturated rings. The molecule has 1 aliphatic heterocycles. The van der Waals surface area contributed by atoms with Gasteiger partial charge in [0.15, 0.2) is 6.61 Å². The lowest BCUT2D eigenvalue weighted by atomic mass is 9.90. The minimum absolute atomic E-state index is 0.150. The molecular weight excluding hydrogens is 384 g/mol. The van der Waals surface area contributed by atoms with Gasteiger partial charge in [0.25, 0.3) is 11.7 Å². The Balaban J connectivity index is 0.000000335. The van der Waals surface area contributed by atoms with E-state index in [0.29, 0.717) is 24.2 Å². The number of nitrogens with two attached hydrogens (primary N) is 1. The molecular formula is C23H26N2O5. The van der Waals surface area contributed by atoms with Gasteiger partial charge in [0.05, 0.1) is 5.57 Å². The first-order chi connectivity index (χ1) is 14.4. The Labute approximate surface area is 175 Å². The number of fused-ring (bicyclic) bond motifs is 1. The average Bonchev–Trinajstić information content (AvgIpc) is 2.77. The van der Waals surface area contributed by atoms with Crippen LogP contribution in [0.25, 0.3) is 5.57 Å². The number of amides is 1. The largest absolute Gasteiger partial charge is 0.481 e. The fourth-order valence-electron chi connectivity index (χ4n) is 3.10. The number of primary amides is 1. The summed E-state index contributed by atoms with van der Waals surface area (Å²) in [5.74, 6) is -2.77. The van der Waals surface area contributed by atoms with Gasteiger partial charge in [-0.05, 0) is 30.0 Å². The second-order valence-electron chi connectivity index (χ2n) is 6.57. The van der Waals surface area contributed by atoms with Crippen molar-refractivity contribution < 1.29 is 24.2 Å². The normalized spacial score (nSPS) is 12.1. The number of carbonyl (C=O) groups excluding carboxylic acids is 2. The number of aliphatic carboxylic acids is 1. The highest BCUT2D eigenvalue weighted by Gasteiger charge is 2.29. The molecule has 4 N–H and O–H groups in total. The van der Waals surface area contributed by atoms with E-state index in [-0.39, 0.29) is 11.3 Å². The van der Waals surface area contributed by atoms with E-state index in [0.717, 1.165) is 12.0 Å². The highest BCUT2D eigenvalue weighted by molar-refractivity contribution is 6.53. The van der Waals surface area contributed by atoms with Crippen molar-refractivity contribution in [3.05, 3.63) is 70.9 Å². The first-order valence-electron chi connectivity index (χ1n) is 9.70. The number of carbonyl (C=O) groups is 3. The first kappa shape index (κ1) is 22.7. The highest BCUT2D eigenvalue weighted by atomic mass is 16.5. The number of carboxylic acid groups (broad SMARTS) is 1. The molecule has 7 heteroatoms. The van der Waals surface area contributed by atoms with Gasteiger partial charge in [-0.25, -0.2) is 4.79 Å². The van der Waals surface area contributed by atoms with E-state index in [1.807, 2.05) is 13.0 Å². The van der Waals surface area contributed by atoms with Crippen LogP contribution in [-0.4, -0.2) is 29.4 Å². The molecule has 7 nitrogen and oxygen atoms in total. The molecule has 0 radical (unpaired) electrons. The van der Waals surface area contributed by atoms with Gasteiger partial charge in [-0.15, -0.1) is 0 Å². The molecule has 2 aromatic rings.